The minimum Gasteiger partial charge on any atom is -0.550 e. The molecule has 0 heterocycles. The van der Waals surface area contributed by atoms with Crippen LogP contribution in [-0.2, 0) is 9.59 Å². The van der Waals surface area contributed by atoms with Gasteiger partial charge in [-0.2, -0.15) is 0 Å². The lowest BCUT2D eigenvalue weighted by Gasteiger charge is -2.29. The topological polar surface area (TPSA) is 80.3 Å². The first kappa shape index (κ1) is 38.4. The van der Waals surface area contributed by atoms with E-state index in [0.29, 0.717) is 0 Å². The maximum atomic E-state index is 12.0. The zero-order valence-electron chi connectivity index (χ0n) is 26.5. The highest BCUT2D eigenvalue weighted by atomic mass is 16.4. The third kappa shape index (κ3) is 24.2. The zero-order valence-corrected chi connectivity index (χ0v) is 26.5. The molecule has 0 rings (SSSR count). The molecule has 0 spiro atoms. The van der Waals surface area contributed by atoms with Crippen molar-refractivity contribution in [3.63, 3.8) is 0 Å². The van der Waals surface area contributed by atoms with E-state index in [-0.39, 0.29) is 0 Å². The predicted molar refractivity (Wildman–Crippen MR) is 167 cm³/mol. The van der Waals surface area contributed by atoms with Crippen LogP contribution in [0.15, 0.2) is 24.3 Å². The molecule has 0 radical (unpaired) electrons. The average molecular weight is 561 g/mol. The van der Waals surface area contributed by atoms with Gasteiger partial charge in [-0.05, 0) is 25.7 Å². The molecule has 0 aromatic heterocycles. The van der Waals surface area contributed by atoms with Crippen LogP contribution in [0.4, 0.5) is 0 Å². The summed E-state index contributed by atoms with van der Waals surface area (Å²) in [6.45, 7) is 4.50. The number of carboxylic acid groups (broad SMARTS) is 2. The van der Waals surface area contributed by atoms with E-state index in [9.17, 15) is 19.8 Å². The summed E-state index contributed by atoms with van der Waals surface area (Å²) < 4.78 is 0. The number of allylic oxidation sites excluding steroid dienone is 2. The first-order valence-corrected chi connectivity index (χ1v) is 17.2. The molecule has 0 aromatic carbocycles. The zero-order chi connectivity index (χ0) is 29.6. The first-order chi connectivity index (χ1) is 19.5. The van der Waals surface area contributed by atoms with E-state index in [0.717, 1.165) is 38.5 Å². The first-order valence-electron chi connectivity index (χ1n) is 17.2. The van der Waals surface area contributed by atoms with Gasteiger partial charge in [0.25, 0.3) is 0 Å². The summed E-state index contributed by atoms with van der Waals surface area (Å²) in [6, 6.07) is 0. The van der Waals surface area contributed by atoms with Crippen molar-refractivity contribution in [3.05, 3.63) is 24.3 Å². The van der Waals surface area contributed by atoms with Crippen molar-refractivity contribution in [3.8, 4) is 0 Å². The Labute approximate surface area is 248 Å². The predicted octanol–water partition coefficient (Wildman–Crippen LogP) is 9.16. The molecule has 0 saturated heterocycles. The molecule has 0 amide bonds. The maximum absolute atomic E-state index is 12.0. The lowest BCUT2D eigenvalue weighted by Crippen LogP contribution is -2.43. The fourth-order valence-corrected chi connectivity index (χ4v) is 5.41. The van der Waals surface area contributed by atoms with Crippen LogP contribution in [0, 0.1) is 5.41 Å². The molecule has 0 saturated carbocycles. The van der Waals surface area contributed by atoms with Gasteiger partial charge in [-0.25, -0.2) is 0 Å². The molecule has 0 fully saturated rings. The molecule has 234 valence electrons. The summed E-state index contributed by atoms with van der Waals surface area (Å²) in [6.07, 6.45) is 38.3. The molecule has 0 bridgehead atoms. The van der Waals surface area contributed by atoms with E-state index in [4.69, 9.17) is 0 Å². The quantitative estimate of drug-likeness (QED) is 0.0625. The van der Waals surface area contributed by atoms with E-state index in [1.165, 1.54) is 141 Å². The summed E-state index contributed by atoms with van der Waals surface area (Å²) in [5.41, 5.74) is -1.62. The second-order valence-electron chi connectivity index (χ2n) is 12.0. The molecule has 0 aliphatic carbocycles. The van der Waals surface area contributed by atoms with Crippen LogP contribution < -0.4 is 10.2 Å². The smallest absolute Gasteiger partial charge is 0.0556 e. The second-order valence-corrected chi connectivity index (χ2v) is 12.0. The summed E-state index contributed by atoms with van der Waals surface area (Å²) in [5.74, 6) is -2.73. The Morgan fingerprint density at radius 1 is 0.475 bits per heavy atom. The van der Waals surface area contributed by atoms with E-state index in [1.807, 2.05) is 12.2 Å². The van der Waals surface area contributed by atoms with E-state index < -0.39 is 23.8 Å². The lowest BCUT2D eigenvalue weighted by atomic mass is 9.83. The summed E-state index contributed by atoms with van der Waals surface area (Å²) in [4.78, 5) is 23.3. The molecular weight excluding hydrogens is 496 g/mol. The Balaban J connectivity index is 4.14. The number of unbranched alkanes of at least 4 members (excludes halogenated alkanes) is 24. The normalized spacial score (nSPS) is 12.2. The highest BCUT2D eigenvalue weighted by molar-refractivity contribution is 5.83. The SMILES string of the molecule is CCCCCCCCCCCCCC/C=C/C(/C=C/CCCCCCCCCCCCCC)(CC(=O)[O-])C(=O)[O-]. The molecule has 0 N–H and O–H groups in total. The standard InChI is InChI=1S/C36H66O4/c1-3-5-7-9-11-13-15-17-19-21-23-25-27-29-31-36(35(39)40,33-34(37)38)32-30-28-26-24-22-20-18-16-14-12-10-8-6-4-2/h29-32H,3-28,33H2,1-2H3,(H,37,38)(H,39,40)/p-2/b31-29+,32-30+. The number of rotatable bonds is 31. The monoisotopic (exact) mass is 560 g/mol. The van der Waals surface area contributed by atoms with Gasteiger partial charge in [0.2, 0.25) is 0 Å². The van der Waals surface area contributed by atoms with Crippen molar-refractivity contribution in [1.82, 2.24) is 0 Å². The minimum absolute atomic E-state index is 0.584. The van der Waals surface area contributed by atoms with Gasteiger partial charge >= 0.3 is 0 Å². The van der Waals surface area contributed by atoms with Crippen LogP contribution in [0.2, 0.25) is 0 Å². The van der Waals surface area contributed by atoms with E-state index in [2.05, 4.69) is 13.8 Å². The number of carbonyl (C=O) groups excluding carboxylic acids is 2. The third-order valence-corrected chi connectivity index (χ3v) is 8.10. The Morgan fingerprint density at radius 2 is 0.750 bits per heavy atom. The third-order valence-electron chi connectivity index (χ3n) is 8.10. The van der Waals surface area contributed by atoms with Crippen LogP contribution in [0.5, 0.6) is 0 Å². The lowest BCUT2D eigenvalue weighted by molar-refractivity contribution is -0.323. The summed E-state index contributed by atoms with van der Waals surface area (Å²) >= 11 is 0. The number of carbonyl (C=O) groups is 2. The largest absolute Gasteiger partial charge is 0.550 e. The minimum atomic E-state index is -1.62. The van der Waals surface area contributed by atoms with Crippen LogP contribution in [-0.4, -0.2) is 11.9 Å². The fraction of sp³-hybridized carbons (Fsp3) is 0.833. The van der Waals surface area contributed by atoms with Crippen LogP contribution >= 0.6 is 0 Å². The van der Waals surface area contributed by atoms with Crippen molar-refractivity contribution in [1.29, 1.82) is 0 Å². The molecular formula is C36H64O4-2. The number of aliphatic carboxylic acids is 2. The van der Waals surface area contributed by atoms with Gasteiger partial charge < -0.3 is 19.8 Å². The Morgan fingerprint density at radius 3 is 1.00 bits per heavy atom. The van der Waals surface area contributed by atoms with Gasteiger partial charge in [0.05, 0.1) is 11.4 Å². The van der Waals surface area contributed by atoms with Crippen molar-refractivity contribution in [2.24, 2.45) is 5.41 Å². The van der Waals surface area contributed by atoms with Gasteiger partial charge in [0.15, 0.2) is 0 Å². The highest BCUT2D eigenvalue weighted by Crippen LogP contribution is 2.27. The van der Waals surface area contributed by atoms with E-state index in [1.54, 1.807) is 0 Å². The van der Waals surface area contributed by atoms with Crippen molar-refractivity contribution in [2.75, 3.05) is 0 Å². The molecule has 0 aliphatic heterocycles. The molecule has 0 atom stereocenters. The maximum Gasteiger partial charge on any atom is 0.0556 e. The van der Waals surface area contributed by atoms with E-state index >= 15 is 0 Å². The van der Waals surface area contributed by atoms with Crippen LogP contribution in [0.1, 0.15) is 187 Å². The highest BCUT2D eigenvalue weighted by Gasteiger charge is 2.25. The molecule has 4 nitrogen and oxygen atoms in total. The van der Waals surface area contributed by atoms with Crippen LogP contribution in [0.3, 0.4) is 0 Å². The molecule has 0 aliphatic rings. The number of carboxylic acids is 2. The Kier molecular flexibility index (Phi) is 27.8. The van der Waals surface area contributed by atoms with Crippen molar-refractivity contribution in [2.45, 2.75) is 187 Å². The van der Waals surface area contributed by atoms with Gasteiger partial charge in [-0.15, -0.1) is 0 Å². The summed E-state index contributed by atoms with van der Waals surface area (Å²) in [5, 5.41) is 23.3. The Bertz CT molecular complexity index is 599. The molecule has 0 aromatic rings. The second kappa shape index (κ2) is 28.9. The van der Waals surface area contributed by atoms with Crippen molar-refractivity contribution >= 4 is 11.9 Å². The molecule has 40 heavy (non-hydrogen) atoms. The number of hydrogen-bond donors (Lipinski definition) is 0. The molecule has 0 unspecified atom stereocenters. The number of hydrogen-bond acceptors (Lipinski definition) is 4. The fourth-order valence-electron chi connectivity index (χ4n) is 5.41. The van der Waals surface area contributed by atoms with Crippen LogP contribution in [0.25, 0.3) is 0 Å². The summed E-state index contributed by atoms with van der Waals surface area (Å²) in [7, 11) is 0. The average Bonchev–Trinajstić information content (AvgIpc) is 2.92. The molecule has 4 heteroatoms. The van der Waals surface area contributed by atoms with Gasteiger partial charge in [0.1, 0.15) is 0 Å². The van der Waals surface area contributed by atoms with Gasteiger partial charge in [-0.1, -0.05) is 179 Å². The Hall–Kier alpha value is -1.58. The van der Waals surface area contributed by atoms with Crippen molar-refractivity contribution < 1.29 is 19.8 Å². The van der Waals surface area contributed by atoms with Gasteiger partial charge in [-0.3, -0.25) is 0 Å². The van der Waals surface area contributed by atoms with Gasteiger partial charge in [0, 0.05) is 12.4 Å².